The molecule has 0 fully saturated rings. The molecule has 0 aromatic carbocycles. The van der Waals surface area contributed by atoms with Gasteiger partial charge >= 0.3 is 0 Å². The largest absolute Gasteiger partial charge is 0.481 e. The van der Waals surface area contributed by atoms with Crippen LogP contribution in [0.1, 0.15) is 6.42 Å². The fourth-order valence-corrected chi connectivity index (χ4v) is 0.827. The van der Waals surface area contributed by atoms with Crippen LogP contribution in [0.2, 0.25) is 0 Å². The van der Waals surface area contributed by atoms with Crippen molar-refractivity contribution in [3.63, 3.8) is 0 Å². The Kier molecular flexibility index (Phi) is 3.75. The number of anilines is 1. The fourth-order valence-electron chi connectivity index (χ4n) is 0.827. The molecule has 1 aromatic heterocycles. The second-order valence-corrected chi connectivity index (χ2v) is 2.43. The summed E-state index contributed by atoms with van der Waals surface area (Å²) in [6.07, 6.45) is 4.38. The number of rotatable bonds is 5. The van der Waals surface area contributed by atoms with Gasteiger partial charge < -0.3 is 10.1 Å². The maximum atomic E-state index is 4.95. The van der Waals surface area contributed by atoms with Crippen molar-refractivity contribution >= 4 is 5.95 Å². The molecule has 0 spiro atoms. The maximum Gasteiger partial charge on any atom is 0.225 e. The summed E-state index contributed by atoms with van der Waals surface area (Å²) < 4.78 is 4.95. The van der Waals surface area contributed by atoms with E-state index in [4.69, 9.17) is 4.74 Å². The predicted molar refractivity (Wildman–Crippen MR) is 51.9 cm³/mol. The van der Waals surface area contributed by atoms with Crippen molar-refractivity contribution in [3.05, 3.63) is 24.9 Å². The molecule has 0 unspecified atom stereocenters. The third-order valence-electron chi connectivity index (χ3n) is 1.47. The first kappa shape index (κ1) is 9.51. The average molecular weight is 179 g/mol. The molecule has 4 nitrogen and oxygen atoms in total. The molecule has 0 amide bonds. The summed E-state index contributed by atoms with van der Waals surface area (Å²) >= 11 is 0. The molecule has 0 saturated carbocycles. The normalized spacial score (nSPS) is 9.31. The summed E-state index contributed by atoms with van der Waals surface area (Å²) in [7, 11) is 1.58. The molecule has 1 N–H and O–H groups in total. The Bertz CT molecular complexity index is 275. The van der Waals surface area contributed by atoms with E-state index in [1.54, 1.807) is 19.4 Å². The number of ether oxygens (including phenoxy) is 1. The molecule has 0 bridgehead atoms. The summed E-state index contributed by atoms with van der Waals surface area (Å²) in [6, 6.07) is 1.71. The molecule has 1 heterocycles. The minimum absolute atomic E-state index is 0.566. The van der Waals surface area contributed by atoms with Gasteiger partial charge in [0.15, 0.2) is 0 Å². The van der Waals surface area contributed by atoms with Crippen LogP contribution in [0, 0.1) is 0 Å². The highest BCUT2D eigenvalue weighted by Gasteiger charge is 1.96. The Hall–Kier alpha value is -1.58. The predicted octanol–water partition coefficient (Wildman–Crippen LogP) is 1.47. The standard InChI is InChI=1S/C9H13N3O/c1-3-4-6-10-9-11-7-5-8(12-9)13-2/h3,5,7H,1,4,6H2,2H3,(H,10,11,12). The first-order valence-corrected chi connectivity index (χ1v) is 4.08. The van der Waals surface area contributed by atoms with E-state index in [9.17, 15) is 0 Å². The summed E-state index contributed by atoms with van der Waals surface area (Å²) in [4.78, 5) is 8.11. The third kappa shape index (κ3) is 3.11. The van der Waals surface area contributed by atoms with Gasteiger partial charge in [0.2, 0.25) is 11.8 Å². The zero-order valence-corrected chi connectivity index (χ0v) is 7.66. The van der Waals surface area contributed by atoms with Crippen LogP contribution in [-0.2, 0) is 0 Å². The van der Waals surface area contributed by atoms with E-state index >= 15 is 0 Å². The van der Waals surface area contributed by atoms with E-state index in [1.807, 2.05) is 6.08 Å². The van der Waals surface area contributed by atoms with Gasteiger partial charge in [0.05, 0.1) is 7.11 Å². The van der Waals surface area contributed by atoms with Crippen LogP contribution in [0.25, 0.3) is 0 Å². The zero-order chi connectivity index (χ0) is 9.52. The summed E-state index contributed by atoms with van der Waals surface area (Å²) in [5.74, 6) is 1.15. The van der Waals surface area contributed by atoms with Crippen molar-refractivity contribution < 1.29 is 4.74 Å². The molecule has 0 radical (unpaired) electrons. The number of nitrogens with zero attached hydrogens (tertiary/aromatic N) is 2. The van der Waals surface area contributed by atoms with Gasteiger partial charge in [-0.1, -0.05) is 6.08 Å². The highest BCUT2D eigenvalue weighted by molar-refractivity contribution is 5.27. The monoisotopic (exact) mass is 179 g/mol. The third-order valence-corrected chi connectivity index (χ3v) is 1.47. The molecule has 0 aliphatic rings. The van der Waals surface area contributed by atoms with Crippen molar-refractivity contribution in [2.24, 2.45) is 0 Å². The van der Waals surface area contributed by atoms with Crippen LogP contribution < -0.4 is 10.1 Å². The molecule has 0 atom stereocenters. The molecule has 0 saturated heterocycles. The highest BCUT2D eigenvalue weighted by Crippen LogP contribution is 2.06. The first-order chi connectivity index (χ1) is 6.36. The van der Waals surface area contributed by atoms with Crippen LogP contribution in [0.15, 0.2) is 24.9 Å². The smallest absolute Gasteiger partial charge is 0.225 e. The van der Waals surface area contributed by atoms with Crippen LogP contribution in [0.4, 0.5) is 5.95 Å². The van der Waals surface area contributed by atoms with Gasteiger partial charge in [-0.15, -0.1) is 6.58 Å². The lowest BCUT2D eigenvalue weighted by molar-refractivity contribution is 0.397. The van der Waals surface area contributed by atoms with Crippen molar-refractivity contribution in [2.45, 2.75) is 6.42 Å². The van der Waals surface area contributed by atoms with Gasteiger partial charge in [0.25, 0.3) is 0 Å². The van der Waals surface area contributed by atoms with Crippen LogP contribution in [0.3, 0.4) is 0 Å². The van der Waals surface area contributed by atoms with E-state index < -0.39 is 0 Å². The van der Waals surface area contributed by atoms with E-state index in [0.717, 1.165) is 13.0 Å². The topological polar surface area (TPSA) is 47.0 Å². The van der Waals surface area contributed by atoms with Crippen LogP contribution in [0.5, 0.6) is 5.88 Å². The molecule has 1 aromatic rings. The first-order valence-electron chi connectivity index (χ1n) is 4.08. The van der Waals surface area contributed by atoms with Gasteiger partial charge in [-0.05, 0) is 6.42 Å². The van der Waals surface area contributed by atoms with Crippen molar-refractivity contribution in [2.75, 3.05) is 19.0 Å². The van der Waals surface area contributed by atoms with Crippen LogP contribution in [-0.4, -0.2) is 23.6 Å². The molecular formula is C9H13N3O. The van der Waals surface area contributed by atoms with Gasteiger partial charge in [-0.2, -0.15) is 4.98 Å². The second kappa shape index (κ2) is 5.13. The molecule has 13 heavy (non-hydrogen) atoms. The number of hydrogen-bond acceptors (Lipinski definition) is 4. The fraction of sp³-hybridized carbons (Fsp3) is 0.333. The van der Waals surface area contributed by atoms with E-state index in [1.165, 1.54) is 0 Å². The molecule has 1 rings (SSSR count). The molecule has 4 heteroatoms. The molecule has 70 valence electrons. The van der Waals surface area contributed by atoms with Crippen molar-refractivity contribution in [1.82, 2.24) is 9.97 Å². The summed E-state index contributed by atoms with van der Waals surface area (Å²) in [5.41, 5.74) is 0. The van der Waals surface area contributed by atoms with Crippen molar-refractivity contribution in [3.8, 4) is 5.88 Å². The van der Waals surface area contributed by atoms with Gasteiger partial charge in [0, 0.05) is 18.8 Å². The van der Waals surface area contributed by atoms with E-state index in [0.29, 0.717) is 11.8 Å². The molecule has 0 aliphatic heterocycles. The Morgan fingerprint density at radius 3 is 3.23 bits per heavy atom. The minimum atomic E-state index is 0.566. The lowest BCUT2D eigenvalue weighted by Gasteiger charge is -2.03. The average Bonchev–Trinajstić information content (AvgIpc) is 2.19. The molecular weight excluding hydrogens is 166 g/mol. The number of methoxy groups -OCH3 is 1. The van der Waals surface area contributed by atoms with E-state index in [-0.39, 0.29) is 0 Å². The highest BCUT2D eigenvalue weighted by atomic mass is 16.5. The van der Waals surface area contributed by atoms with Crippen LogP contribution >= 0.6 is 0 Å². The Morgan fingerprint density at radius 1 is 1.69 bits per heavy atom. The Balaban J connectivity index is 2.50. The lowest BCUT2D eigenvalue weighted by Crippen LogP contribution is -2.04. The summed E-state index contributed by atoms with van der Waals surface area (Å²) in [5, 5.41) is 3.05. The van der Waals surface area contributed by atoms with Crippen molar-refractivity contribution in [1.29, 1.82) is 0 Å². The number of hydrogen-bond donors (Lipinski definition) is 1. The maximum absolute atomic E-state index is 4.95. The second-order valence-electron chi connectivity index (χ2n) is 2.43. The zero-order valence-electron chi connectivity index (χ0n) is 7.66. The Labute approximate surface area is 77.7 Å². The quantitative estimate of drug-likeness (QED) is 0.549. The number of nitrogens with one attached hydrogen (secondary N) is 1. The summed E-state index contributed by atoms with van der Waals surface area (Å²) in [6.45, 7) is 4.41. The SMILES string of the molecule is C=CCCNc1nccc(OC)n1. The van der Waals surface area contributed by atoms with E-state index in [2.05, 4.69) is 21.9 Å². The Morgan fingerprint density at radius 2 is 2.54 bits per heavy atom. The lowest BCUT2D eigenvalue weighted by atomic mass is 10.4. The molecule has 0 aliphatic carbocycles. The van der Waals surface area contributed by atoms with Gasteiger partial charge in [-0.25, -0.2) is 4.98 Å². The number of aromatic nitrogens is 2. The van der Waals surface area contributed by atoms with Gasteiger partial charge in [0.1, 0.15) is 0 Å². The minimum Gasteiger partial charge on any atom is -0.481 e. The van der Waals surface area contributed by atoms with Gasteiger partial charge in [-0.3, -0.25) is 0 Å².